The quantitative estimate of drug-likeness (QED) is 0.708. The van der Waals surface area contributed by atoms with Gasteiger partial charge in [-0.2, -0.15) is 0 Å². The summed E-state index contributed by atoms with van der Waals surface area (Å²) in [6, 6.07) is 10.0. The van der Waals surface area contributed by atoms with Crippen LogP contribution in [0, 0.1) is 18.6 Å². The summed E-state index contributed by atoms with van der Waals surface area (Å²) in [4.78, 5) is 26.8. The van der Waals surface area contributed by atoms with E-state index < -0.39 is 5.97 Å². The molecule has 0 bridgehead atoms. The number of fused-ring (bicyclic) bond motifs is 1. The molecule has 2 aromatic carbocycles. The van der Waals surface area contributed by atoms with Gasteiger partial charge in [0, 0.05) is 0 Å². The highest BCUT2D eigenvalue weighted by Gasteiger charge is 2.12. The average Bonchev–Trinajstić information content (AvgIpc) is 2.50. The van der Waals surface area contributed by atoms with E-state index in [9.17, 15) is 9.59 Å². The minimum absolute atomic E-state index is 0.104. The summed E-state index contributed by atoms with van der Waals surface area (Å²) in [7, 11) is 0. The Bertz CT molecular complexity index is 1060. The zero-order valence-electron chi connectivity index (χ0n) is 12.6. The number of carboxylic acids is 1. The second kappa shape index (κ2) is 5.48. The topological polar surface area (TPSA) is 75.1 Å². The van der Waals surface area contributed by atoms with Crippen molar-refractivity contribution in [1.82, 2.24) is 9.55 Å². The highest BCUT2D eigenvalue weighted by Crippen LogP contribution is 2.18. The lowest BCUT2D eigenvalue weighted by atomic mass is 10.1. The van der Waals surface area contributed by atoms with E-state index in [4.69, 9.17) is 17.3 Å². The number of rotatable bonds is 2. The third-order valence-corrected chi connectivity index (χ3v) is 4.25. The van der Waals surface area contributed by atoms with Crippen molar-refractivity contribution in [3.63, 3.8) is 0 Å². The van der Waals surface area contributed by atoms with E-state index in [0.717, 1.165) is 16.8 Å². The van der Waals surface area contributed by atoms with Crippen LogP contribution in [0.2, 0.25) is 0 Å². The molecule has 5 nitrogen and oxygen atoms in total. The number of aromatic carboxylic acids is 1. The molecule has 0 aliphatic heterocycles. The third-order valence-electron chi connectivity index (χ3n) is 3.96. The molecule has 0 amide bonds. The van der Waals surface area contributed by atoms with Crippen molar-refractivity contribution in [3.05, 3.63) is 68.2 Å². The van der Waals surface area contributed by atoms with Crippen molar-refractivity contribution < 1.29 is 9.90 Å². The number of carbonyl (C=O) groups is 1. The number of carboxylic acid groups (broad SMARTS) is 1. The molecule has 0 radical (unpaired) electrons. The van der Waals surface area contributed by atoms with Crippen molar-refractivity contribution in [2.75, 3.05) is 0 Å². The lowest BCUT2D eigenvalue weighted by Crippen LogP contribution is -2.21. The van der Waals surface area contributed by atoms with Crippen LogP contribution in [0.5, 0.6) is 0 Å². The van der Waals surface area contributed by atoms with E-state index in [0.29, 0.717) is 10.9 Å². The summed E-state index contributed by atoms with van der Waals surface area (Å²) >= 11 is 5.32. The molecule has 0 aliphatic carbocycles. The van der Waals surface area contributed by atoms with E-state index in [1.807, 2.05) is 32.0 Å². The maximum absolute atomic E-state index is 12.8. The molecule has 1 aromatic heterocycles. The molecule has 0 atom stereocenters. The van der Waals surface area contributed by atoms with Crippen LogP contribution in [0.15, 0.2) is 41.2 Å². The van der Waals surface area contributed by atoms with Crippen LogP contribution < -0.4 is 5.56 Å². The Balaban J connectivity index is 2.38. The van der Waals surface area contributed by atoms with E-state index in [-0.39, 0.29) is 15.9 Å². The highest BCUT2D eigenvalue weighted by molar-refractivity contribution is 7.71. The van der Waals surface area contributed by atoms with Crippen LogP contribution in [0.1, 0.15) is 21.5 Å². The summed E-state index contributed by atoms with van der Waals surface area (Å²) in [5.41, 5.74) is 3.00. The average molecular weight is 326 g/mol. The lowest BCUT2D eigenvalue weighted by molar-refractivity contribution is 0.0697. The molecule has 0 aliphatic rings. The van der Waals surface area contributed by atoms with Crippen molar-refractivity contribution in [2.45, 2.75) is 13.8 Å². The van der Waals surface area contributed by atoms with E-state index in [1.165, 1.54) is 22.8 Å². The summed E-state index contributed by atoms with van der Waals surface area (Å²) in [5, 5.41) is 9.45. The Morgan fingerprint density at radius 3 is 2.65 bits per heavy atom. The molecule has 0 fully saturated rings. The third kappa shape index (κ3) is 2.47. The maximum atomic E-state index is 12.8. The van der Waals surface area contributed by atoms with E-state index in [2.05, 4.69) is 4.98 Å². The molecule has 3 aromatic rings. The normalized spacial score (nSPS) is 10.9. The first-order chi connectivity index (χ1) is 10.9. The largest absolute Gasteiger partial charge is 0.478 e. The molecule has 2 N–H and O–H groups in total. The van der Waals surface area contributed by atoms with Crippen molar-refractivity contribution in [2.24, 2.45) is 0 Å². The molecule has 3 rings (SSSR count). The standard InChI is InChI=1S/C17H14N2O3S/c1-9-4-3-5-14(10(9)2)19-15(20)12-7-6-11(16(21)22)8-13(12)18-17(19)23/h3-8H,1-2H3,(H,18,23)(H,21,22). The SMILES string of the molecule is Cc1cccc(-n2c(=S)[nH]c3cc(C(=O)O)ccc3c2=O)c1C. The summed E-state index contributed by atoms with van der Waals surface area (Å²) in [5.74, 6) is -1.05. The van der Waals surface area contributed by atoms with E-state index in [1.54, 1.807) is 0 Å². The first-order valence-electron chi connectivity index (χ1n) is 6.99. The van der Waals surface area contributed by atoms with Gasteiger partial charge in [-0.1, -0.05) is 12.1 Å². The predicted octanol–water partition coefficient (Wildman–Crippen LogP) is 3.36. The van der Waals surface area contributed by atoms with Gasteiger partial charge >= 0.3 is 5.97 Å². The Morgan fingerprint density at radius 2 is 1.96 bits per heavy atom. The minimum atomic E-state index is -1.05. The van der Waals surface area contributed by atoms with Gasteiger partial charge in [-0.05, 0) is 61.5 Å². The van der Waals surface area contributed by atoms with Crippen LogP contribution in [-0.4, -0.2) is 20.6 Å². The minimum Gasteiger partial charge on any atom is -0.478 e. The summed E-state index contributed by atoms with van der Waals surface area (Å²) in [6.07, 6.45) is 0. The van der Waals surface area contributed by atoms with Gasteiger partial charge in [-0.25, -0.2) is 4.79 Å². The van der Waals surface area contributed by atoms with Gasteiger partial charge in [0.05, 0.1) is 22.2 Å². The first-order valence-corrected chi connectivity index (χ1v) is 7.40. The predicted molar refractivity (Wildman–Crippen MR) is 91.2 cm³/mol. The Morgan fingerprint density at radius 1 is 1.22 bits per heavy atom. The van der Waals surface area contributed by atoms with Crippen molar-refractivity contribution in [3.8, 4) is 5.69 Å². The number of hydrogen-bond donors (Lipinski definition) is 2. The maximum Gasteiger partial charge on any atom is 0.335 e. The fourth-order valence-corrected chi connectivity index (χ4v) is 2.84. The Hall–Kier alpha value is -2.73. The zero-order valence-corrected chi connectivity index (χ0v) is 13.4. The smallest absolute Gasteiger partial charge is 0.335 e. The van der Waals surface area contributed by atoms with Crippen LogP contribution in [0.3, 0.4) is 0 Å². The van der Waals surface area contributed by atoms with Gasteiger partial charge in [0.1, 0.15) is 0 Å². The molecule has 0 unspecified atom stereocenters. The van der Waals surface area contributed by atoms with Gasteiger partial charge < -0.3 is 10.1 Å². The number of benzene rings is 2. The molecule has 0 saturated heterocycles. The molecule has 23 heavy (non-hydrogen) atoms. The van der Waals surface area contributed by atoms with Gasteiger partial charge in [0.25, 0.3) is 5.56 Å². The Labute approximate surface area is 136 Å². The first kappa shape index (κ1) is 15.2. The van der Waals surface area contributed by atoms with Gasteiger partial charge in [-0.15, -0.1) is 0 Å². The molecular formula is C17H14N2O3S. The van der Waals surface area contributed by atoms with Gasteiger partial charge in [-0.3, -0.25) is 9.36 Å². The zero-order chi connectivity index (χ0) is 16.7. The fraction of sp³-hybridized carbons (Fsp3) is 0.118. The van der Waals surface area contributed by atoms with Crippen molar-refractivity contribution >= 4 is 29.1 Å². The number of nitrogens with one attached hydrogen (secondary N) is 1. The number of aryl methyl sites for hydroxylation is 1. The van der Waals surface area contributed by atoms with Crippen molar-refractivity contribution in [1.29, 1.82) is 0 Å². The summed E-state index contributed by atoms with van der Waals surface area (Å²) < 4.78 is 1.68. The molecule has 116 valence electrons. The molecule has 1 heterocycles. The Kier molecular flexibility index (Phi) is 3.61. The molecule has 6 heteroatoms. The van der Waals surface area contributed by atoms with Gasteiger partial charge in [0.2, 0.25) is 0 Å². The number of aromatic nitrogens is 2. The number of hydrogen-bond acceptors (Lipinski definition) is 3. The fourth-order valence-electron chi connectivity index (χ4n) is 2.55. The summed E-state index contributed by atoms with van der Waals surface area (Å²) in [6.45, 7) is 3.90. The molecule has 0 saturated carbocycles. The highest BCUT2D eigenvalue weighted by atomic mass is 32.1. The number of aromatic amines is 1. The van der Waals surface area contributed by atoms with E-state index >= 15 is 0 Å². The monoisotopic (exact) mass is 326 g/mol. The number of H-pyrrole nitrogens is 1. The van der Waals surface area contributed by atoms with Gasteiger partial charge in [0.15, 0.2) is 4.77 Å². The molecular weight excluding hydrogens is 312 g/mol. The van der Waals surface area contributed by atoms with Crippen LogP contribution in [-0.2, 0) is 0 Å². The lowest BCUT2D eigenvalue weighted by Gasteiger charge is -2.12. The second-order valence-corrected chi connectivity index (χ2v) is 5.74. The second-order valence-electron chi connectivity index (χ2n) is 5.36. The van der Waals surface area contributed by atoms with Crippen LogP contribution >= 0.6 is 12.2 Å². The molecule has 0 spiro atoms. The number of nitrogens with zero attached hydrogens (tertiary/aromatic N) is 1. The van der Waals surface area contributed by atoms with Crippen LogP contribution in [0.25, 0.3) is 16.6 Å². The van der Waals surface area contributed by atoms with Crippen LogP contribution in [0.4, 0.5) is 0 Å².